The molecule has 0 aliphatic carbocycles. The number of esters is 2. The van der Waals surface area contributed by atoms with Crippen LogP contribution in [0.3, 0.4) is 0 Å². The minimum absolute atomic E-state index is 0.0416. The Hall–Kier alpha value is -10.7. The Morgan fingerprint density at radius 2 is 0.913 bits per heavy atom. The molecule has 2 atom stereocenters. The molecule has 560 valence electrons. The Balaban J connectivity index is 0.000000374. The second kappa shape index (κ2) is 40.1. The molecule has 2 aromatic carbocycles. The van der Waals surface area contributed by atoms with E-state index in [1.165, 1.54) is 0 Å². The number of rotatable bonds is 37. The van der Waals surface area contributed by atoms with Gasteiger partial charge in [-0.3, -0.25) is 58.1 Å². The van der Waals surface area contributed by atoms with E-state index in [9.17, 15) is 79.1 Å². The number of anilines is 4. The fourth-order valence-corrected chi connectivity index (χ4v) is 9.01. The number of aromatic amines is 2. The van der Waals surface area contributed by atoms with E-state index >= 15 is 0 Å². The summed E-state index contributed by atoms with van der Waals surface area (Å²) in [6, 6.07) is 6.49. The number of nitrogen functional groups attached to an aromatic ring is 2. The summed E-state index contributed by atoms with van der Waals surface area (Å²) < 4.78 is 117. The molecule has 4 aromatic heterocycles. The zero-order chi connectivity index (χ0) is 76.0. The number of alkyl carbamates (subject to hydrolysis) is 1. The quantitative estimate of drug-likeness (QED) is 0.0120. The monoisotopic (exact) mass is 1460 g/mol. The number of aromatic nitrogens is 8. The maximum absolute atomic E-state index is 13.6. The number of H-pyrrole nitrogens is 2. The Bertz CT molecular complexity index is 4010. The number of ether oxygens (including phenoxy) is 7. The Morgan fingerprint density at radius 1 is 0.534 bits per heavy atom. The summed E-state index contributed by atoms with van der Waals surface area (Å²) in [5, 5.41) is 7.49. The summed E-state index contributed by atoms with van der Waals surface area (Å²) in [5.41, 5.74) is 12.2. The second-order valence-corrected chi connectivity index (χ2v) is 23.0. The second-order valence-electron chi connectivity index (χ2n) is 23.0. The van der Waals surface area contributed by atoms with Gasteiger partial charge in [0.25, 0.3) is 22.9 Å². The van der Waals surface area contributed by atoms with Crippen molar-refractivity contribution >= 4 is 98.8 Å². The summed E-state index contributed by atoms with van der Waals surface area (Å²) in [5.74, 6) is -8.56. The van der Waals surface area contributed by atoms with Gasteiger partial charge in [-0.05, 0) is 95.0 Å². The SMILES string of the molecule is COC(=O)[C@H](CCC(=O)CCCOCCOCCN)NC(=O)c1ccc(N(Cc2cnc3nc(N)[nH]c(=O)c3n2)C(=O)C(F)(F)F)cc1.COC(=O)[C@H](CCC(=O)CCCOCCOCCNC(=O)OC(C)(C)C)NC(=O)c1ccc(N(Cc2cnc3nc(N)[nH]c(=O)c3n2)C(=O)C(F)(F)F)cc1. The number of nitrogens with one attached hydrogen (secondary N) is 5. The predicted molar refractivity (Wildman–Crippen MR) is 352 cm³/mol. The summed E-state index contributed by atoms with van der Waals surface area (Å²) in [6.07, 6.45) is -8.15. The smallest absolute Gasteiger partial charge is 0.467 e. The van der Waals surface area contributed by atoms with Crippen molar-refractivity contribution in [3.8, 4) is 0 Å². The number of nitrogens with two attached hydrogens (primary N) is 3. The van der Waals surface area contributed by atoms with Crippen LogP contribution in [0, 0.1) is 0 Å². The van der Waals surface area contributed by atoms with E-state index in [-0.39, 0.29) is 151 Å². The number of nitrogens with zero attached hydrogens (tertiary/aromatic N) is 8. The van der Waals surface area contributed by atoms with Gasteiger partial charge in [-0.1, -0.05) is 0 Å². The average Bonchev–Trinajstić information content (AvgIpc) is 0.802. The lowest BCUT2D eigenvalue weighted by Crippen LogP contribution is -2.42. The summed E-state index contributed by atoms with van der Waals surface area (Å²) in [7, 11) is 2.21. The number of hydrogen-bond acceptors (Lipinski definition) is 27. The normalized spacial score (nSPS) is 12.1. The van der Waals surface area contributed by atoms with E-state index in [2.05, 4.69) is 55.8 Å². The van der Waals surface area contributed by atoms with Crippen LogP contribution in [0.4, 0.5) is 54.4 Å². The molecular weight excluding hydrogens is 1380 g/mol. The van der Waals surface area contributed by atoms with Crippen molar-refractivity contribution in [1.29, 1.82) is 0 Å². The first-order valence-corrected chi connectivity index (χ1v) is 31.5. The van der Waals surface area contributed by atoms with E-state index in [0.29, 0.717) is 55.6 Å². The third-order valence-corrected chi connectivity index (χ3v) is 13.9. The number of fused-ring (bicyclic) bond motifs is 2. The number of benzene rings is 2. The van der Waals surface area contributed by atoms with E-state index in [1.807, 2.05) is 0 Å². The average molecular weight is 1460 g/mol. The van der Waals surface area contributed by atoms with Crippen LogP contribution in [0.15, 0.2) is 70.5 Å². The highest BCUT2D eigenvalue weighted by Crippen LogP contribution is 2.28. The van der Waals surface area contributed by atoms with Gasteiger partial charge >= 0.3 is 42.2 Å². The van der Waals surface area contributed by atoms with Gasteiger partial charge in [0, 0.05) is 74.5 Å². The zero-order valence-electron chi connectivity index (χ0n) is 56.5. The molecular formula is C63H78F6N16O18. The maximum atomic E-state index is 13.6. The summed E-state index contributed by atoms with van der Waals surface area (Å²) in [4.78, 5) is 165. The van der Waals surface area contributed by atoms with Gasteiger partial charge in [-0.2, -0.15) is 36.3 Å². The Kier molecular flexibility index (Phi) is 32.3. The molecule has 0 radical (unpaired) electrons. The lowest BCUT2D eigenvalue weighted by Gasteiger charge is -2.24. The predicted octanol–water partition coefficient (Wildman–Crippen LogP) is 3.13. The number of alkyl halides is 6. The molecule has 34 nitrogen and oxygen atoms in total. The van der Waals surface area contributed by atoms with Crippen molar-refractivity contribution < 1.29 is 103 Å². The highest BCUT2D eigenvalue weighted by molar-refractivity contribution is 6.01. The molecule has 0 fully saturated rings. The van der Waals surface area contributed by atoms with Crippen molar-refractivity contribution in [2.24, 2.45) is 5.73 Å². The number of amides is 5. The summed E-state index contributed by atoms with van der Waals surface area (Å²) in [6.45, 7) is 7.01. The Labute approximate surface area is 582 Å². The molecule has 0 bridgehead atoms. The van der Waals surface area contributed by atoms with E-state index in [1.54, 1.807) is 20.8 Å². The fraction of sp³-hybridized carbons (Fsp3) is 0.476. The third-order valence-electron chi connectivity index (χ3n) is 13.9. The molecule has 6 aromatic rings. The highest BCUT2D eigenvalue weighted by atomic mass is 19.4. The molecule has 103 heavy (non-hydrogen) atoms. The third kappa shape index (κ3) is 28.0. The van der Waals surface area contributed by atoms with Gasteiger partial charge in [0.15, 0.2) is 22.3 Å². The van der Waals surface area contributed by atoms with Crippen LogP contribution >= 0.6 is 0 Å². The molecule has 0 saturated carbocycles. The number of carbonyl (C=O) groups excluding carboxylic acids is 9. The molecule has 11 N–H and O–H groups in total. The first kappa shape index (κ1) is 83.0. The van der Waals surface area contributed by atoms with Crippen LogP contribution in [-0.4, -0.2) is 203 Å². The molecule has 0 spiro atoms. The zero-order valence-corrected chi connectivity index (χ0v) is 56.5. The minimum Gasteiger partial charge on any atom is -0.467 e. The first-order valence-electron chi connectivity index (χ1n) is 31.5. The molecule has 5 amide bonds. The van der Waals surface area contributed by atoms with Crippen LogP contribution < -0.4 is 54.1 Å². The van der Waals surface area contributed by atoms with Crippen molar-refractivity contribution in [3.63, 3.8) is 0 Å². The number of Topliss-reactive ketones (excluding diaryl/α,β-unsaturated/α-hetero) is 2. The van der Waals surface area contributed by atoms with Gasteiger partial charge in [0.1, 0.15) is 29.3 Å². The molecule has 0 unspecified atom stereocenters. The lowest BCUT2D eigenvalue weighted by atomic mass is 10.1. The van der Waals surface area contributed by atoms with Crippen LogP contribution in [-0.2, 0) is 75.0 Å². The van der Waals surface area contributed by atoms with Gasteiger partial charge in [0.05, 0.1) is 90.7 Å². The lowest BCUT2D eigenvalue weighted by molar-refractivity contribution is -0.170. The van der Waals surface area contributed by atoms with E-state index < -0.39 is 95.9 Å². The number of methoxy groups -OCH3 is 2. The standard InChI is InChI=1S/C34H43F3N8O10.C29H35F3N8O8/c1-33(2,3)55-32(51)39-13-15-54-17-16-53-14-5-6-23(46)11-12-24(29(49)52-4)42-27(47)20-7-9-22(10-8-20)45(30(50)34(35,36)37)19-21-18-40-26-25(41-21)28(48)44-31(38)43-26;1-46-26(44)21(9-8-20(41)3-2-11-47-13-14-48-12-10-33)37-24(42)17-4-6-19(7-5-17)40(27(45)29(30,31)32)16-18-15-35-23-22(36-18)25(43)39-28(34)38-23/h7-10,18,24H,5-6,11-17,19H2,1-4H3,(H,39,51)(H,42,47)(H3,38,40,43,44,48);4-7,15,21H,2-3,8-14,16,33H2,1H3,(H,37,42)(H3,34,35,38,39,43)/t24-;21-/m00/s1. The Morgan fingerprint density at radius 3 is 1.27 bits per heavy atom. The van der Waals surface area contributed by atoms with E-state index in [0.717, 1.165) is 75.1 Å². The number of hydrogen-bond donors (Lipinski definition) is 8. The molecule has 0 saturated heterocycles. The summed E-state index contributed by atoms with van der Waals surface area (Å²) >= 11 is 0. The van der Waals surface area contributed by atoms with Crippen LogP contribution in [0.25, 0.3) is 22.3 Å². The van der Waals surface area contributed by atoms with Crippen LogP contribution in [0.1, 0.15) is 104 Å². The van der Waals surface area contributed by atoms with Gasteiger partial charge < -0.3 is 66.3 Å². The van der Waals surface area contributed by atoms with Crippen LogP contribution in [0.2, 0.25) is 0 Å². The van der Waals surface area contributed by atoms with Crippen molar-refractivity contribution in [2.75, 3.05) is 101 Å². The van der Waals surface area contributed by atoms with Gasteiger partial charge in [0.2, 0.25) is 11.9 Å². The maximum Gasteiger partial charge on any atom is 0.471 e. The van der Waals surface area contributed by atoms with Crippen LogP contribution in [0.5, 0.6) is 0 Å². The van der Waals surface area contributed by atoms with Gasteiger partial charge in [-0.25, -0.2) is 34.3 Å². The number of carbonyl (C=O) groups is 9. The topological polar surface area (TPSA) is 482 Å². The largest absolute Gasteiger partial charge is 0.471 e. The molecule has 40 heteroatoms. The van der Waals surface area contributed by atoms with Crippen molar-refractivity contribution in [1.82, 2.24) is 55.8 Å². The molecule has 0 aliphatic heterocycles. The number of halogens is 6. The molecule has 6 rings (SSSR count). The highest BCUT2D eigenvalue weighted by Gasteiger charge is 2.44. The molecule has 4 heterocycles. The number of ketones is 2. The minimum atomic E-state index is -5.30. The first-order chi connectivity index (χ1) is 48.7. The molecule has 0 aliphatic rings. The van der Waals surface area contributed by atoms with Crippen molar-refractivity contribution in [2.45, 2.75) is 115 Å². The van der Waals surface area contributed by atoms with E-state index in [4.69, 9.17) is 50.4 Å². The fourth-order valence-electron chi connectivity index (χ4n) is 9.01. The van der Waals surface area contributed by atoms with Gasteiger partial charge in [-0.15, -0.1) is 0 Å². The van der Waals surface area contributed by atoms with Crippen molar-refractivity contribution in [3.05, 3.63) is 104 Å².